The lowest BCUT2D eigenvalue weighted by atomic mass is 9.84. The third kappa shape index (κ3) is 1.55. The van der Waals surface area contributed by atoms with Crippen molar-refractivity contribution in [1.82, 2.24) is 0 Å². The fourth-order valence-corrected chi connectivity index (χ4v) is 2.55. The molecule has 0 saturated heterocycles. The molecule has 3 heteroatoms. The average molecular weight is 279 g/mol. The average Bonchev–Trinajstić information content (AvgIpc) is 2.26. The number of allylic oxidation sites excluding steroid dienone is 2. The lowest BCUT2D eigenvalue weighted by Crippen LogP contribution is -2.24. The molecule has 1 aromatic carbocycles. The van der Waals surface area contributed by atoms with Gasteiger partial charge in [-0.15, -0.1) is 0 Å². The van der Waals surface area contributed by atoms with Gasteiger partial charge < -0.3 is 0 Å². The quantitative estimate of drug-likeness (QED) is 0.740. The Bertz CT molecular complexity index is 512. The zero-order valence-corrected chi connectivity index (χ0v) is 10.7. The number of halogens is 1. The van der Waals surface area contributed by atoms with Gasteiger partial charge in [0.1, 0.15) is 0 Å². The molecule has 82 valence electrons. The Hall–Kier alpha value is -1.22. The van der Waals surface area contributed by atoms with Crippen molar-refractivity contribution in [2.45, 2.75) is 18.7 Å². The molecule has 2 nitrogen and oxygen atoms in total. The maximum absolute atomic E-state index is 12.2. The Labute approximate surface area is 102 Å². The number of hydrogen-bond acceptors (Lipinski definition) is 2. The molecule has 0 bridgehead atoms. The molecular weight excluding hydrogens is 268 g/mol. The van der Waals surface area contributed by atoms with Gasteiger partial charge in [-0.05, 0) is 13.8 Å². The minimum atomic E-state index is -0.0997. The van der Waals surface area contributed by atoms with E-state index in [1.54, 1.807) is 31.2 Å². The van der Waals surface area contributed by atoms with Crippen molar-refractivity contribution in [3.63, 3.8) is 0 Å². The molecule has 0 radical (unpaired) electrons. The summed E-state index contributed by atoms with van der Waals surface area (Å²) in [5.41, 5.74) is 2.15. The van der Waals surface area contributed by atoms with Gasteiger partial charge in [-0.2, -0.15) is 0 Å². The van der Waals surface area contributed by atoms with Crippen LogP contribution < -0.4 is 0 Å². The number of alkyl halides is 1. The summed E-state index contributed by atoms with van der Waals surface area (Å²) >= 11 is 3.37. The van der Waals surface area contributed by atoms with Gasteiger partial charge in [-0.3, -0.25) is 9.59 Å². The molecule has 1 unspecified atom stereocenters. The molecule has 0 spiro atoms. The van der Waals surface area contributed by atoms with Crippen molar-refractivity contribution in [2.24, 2.45) is 0 Å². The monoisotopic (exact) mass is 278 g/mol. The molecule has 1 aliphatic carbocycles. The Morgan fingerprint density at radius 1 is 1.06 bits per heavy atom. The van der Waals surface area contributed by atoms with Crippen LogP contribution in [0, 0.1) is 0 Å². The molecule has 1 aromatic rings. The Kier molecular flexibility index (Phi) is 2.80. The Balaban J connectivity index is 2.68. The van der Waals surface area contributed by atoms with Crippen LogP contribution in [0.5, 0.6) is 0 Å². The van der Waals surface area contributed by atoms with E-state index in [-0.39, 0.29) is 16.4 Å². The van der Waals surface area contributed by atoms with Gasteiger partial charge in [0.05, 0.1) is 0 Å². The summed E-state index contributed by atoms with van der Waals surface area (Å²) < 4.78 is 0. The highest BCUT2D eigenvalue weighted by atomic mass is 79.9. The second kappa shape index (κ2) is 3.98. The number of Topliss-reactive ketones (excluding diaryl/α,β-unsaturated/α-hetero) is 2. The zero-order chi connectivity index (χ0) is 11.9. The lowest BCUT2D eigenvalue weighted by molar-refractivity contribution is 0.0973. The molecule has 0 aliphatic heterocycles. The predicted octanol–water partition coefficient (Wildman–Crippen LogP) is 3.17. The first-order chi connectivity index (χ1) is 7.54. The number of rotatable bonds is 1. The molecule has 0 heterocycles. The Morgan fingerprint density at radius 3 is 2.06 bits per heavy atom. The third-order valence-electron chi connectivity index (χ3n) is 2.80. The first-order valence-corrected chi connectivity index (χ1v) is 5.99. The smallest absolute Gasteiger partial charge is 0.191 e. The van der Waals surface area contributed by atoms with Crippen LogP contribution >= 0.6 is 15.9 Å². The van der Waals surface area contributed by atoms with E-state index >= 15 is 0 Å². The first-order valence-electron chi connectivity index (χ1n) is 5.07. The molecule has 1 atom stereocenters. The normalized spacial score (nSPS) is 17.4. The van der Waals surface area contributed by atoms with Gasteiger partial charge in [0.25, 0.3) is 0 Å². The van der Waals surface area contributed by atoms with Crippen molar-refractivity contribution in [3.8, 4) is 0 Å². The van der Waals surface area contributed by atoms with Crippen molar-refractivity contribution < 1.29 is 9.59 Å². The van der Waals surface area contributed by atoms with Crippen LogP contribution in [0.3, 0.4) is 0 Å². The summed E-state index contributed by atoms with van der Waals surface area (Å²) in [5.74, 6) is -0.0893. The highest BCUT2D eigenvalue weighted by Gasteiger charge is 2.31. The van der Waals surface area contributed by atoms with E-state index in [1.165, 1.54) is 0 Å². The van der Waals surface area contributed by atoms with Gasteiger partial charge in [-0.1, -0.05) is 40.2 Å². The summed E-state index contributed by atoms with van der Waals surface area (Å²) in [7, 11) is 0. The van der Waals surface area contributed by atoms with Crippen LogP contribution in [0.2, 0.25) is 0 Å². The summed E-state index contributed by atoms with van der Waals surface area (Å²) in [6.45, 7) is 3.57. The van der Waals surface area contributed by atoms with Crippen LogP contribution in [0.1, 0.15) is 34.6 Å². The molecule has 1 aliphatic rings. The molecule has 0 amide bonds. The maximum Gasteiger partial charge on any atom is 0.191 e. The molecule has 0 N–H and O–H groups in total. The SMILES string of the molecule is CC1=C(C(C)Br)C(=O)c2ccccc2C1=O. The fraction of sp³-hybridized carbons (Fsp3) is 0.231. The number of benzene rings is 1. The van der Waals surface area contributed by atoms with Crippen molar-refractivity contribution in [2.75, 3.05) is 0 Å². The van der Waals surface area contributed by atoms with Gasteiger partial charge in [-0.25, -0.2) is 0 Å². The molecular formula is C13H11BrO2. The third-order valence-corrected chi connectivity index (χ3v) is 3.26. The number of hydrogen-bond donors (Lipinski definition) is 0. The van der Waals surface area contributed by atoms with Crippen LogP contribution in [0.25, 0.3) is 0 Å². The number of ketones is 2. The van der Waals surface area contributed by atoms with Crippen molar-refractivity contribution >= 4 is 27.5 Å². The largest absolute Gasteiger partial charge is 0.289 e. The van der Waals surface area contributed by atoms with E-state index in [1.807, 2.05) is 6.92 Å². The van der Waals surface area contributed by atoms with Gasteiger partial charge >= 0.3 is 0 Å². The first kappa shape index (κ1) is 11.3. The van der Waals surface area contributed by atoms with E-state index in [4.69, 9.17) is 0 Å². The summed E-state index contributed by atoms with van der Waals surface area (Å²) in [5, 5.41) is 0. The van der Waals surface area contributed by atoms with Crippen LogP contribution in [0.4, 0.5) is 0 Å². The van der Waals surface area contributed by atoms with Crippen molar-refractivity contribution in [3.05, 3.63) is 46.5 Å². The van der Waals surface area contributed by atoms with Crippen LogP contribution in [0.15, 0.2) is 35.4 Å². The minimum absolute atomic E-state index is 0.0444. The van der Waals surface area contributed by atoms with E-state index < -0.39 is 0 Å². The molecule has 0 aromatic heterocycles. The maximum atomic E-state index is 12.2. The molecule has 0 saturated carbocycles. The van der Waals surface area contributed by atoms with Crippen LogP contribution in [-0.4, -0.2) is 16.4 Å². The van der Waals surface area contributed by atoms with Gasteiger partial charge in [0, 0.05) is 27.1 Å². The van der Waals surface area contributed by atoms with E-state index in [9.17, 15) is 9.59 Å². The van der Waals surface area contributed by atoms with Gasteiger partial charge in [0.2, 0.25) is 0 Å². The second-order valence-corrected chi connectivity index (χ2v) is 5.23. The topological polar surface area (TPSA) is 34.1 Å². The standard InChI is InChI=1S/C13H11BrO2/c1-7-11(8(2)14)13(16)10-6-4-3-5-9(10)12(7)15/h3-6,8H,1-2H3. The molecule has 16 heavy (non-hydrogen) atoms. The van der Waals surface area contributed by atoms with Crippen LogP contribution in [-0.2, 0) is 0 Å². The summed E-state index contributed by atoms with van der Waals surface area (Å²) in [6, 6.07) is 6.97. The zero-order valence-electron chi connectivity index (χ0n) is 9.08. The predicted molar refractivity (Wildman–Crippen MR) is 66.2 cm³/mol. The highest BCUT2D eigenvalue weighted by Crippen LogP contribution is 2.30. The fourth-order valence-electron chi connectivity index (χ4n) is 2.00. The van der Waals surface area contributed by atoms with E-state index in [0.29, 0.717) is 22.3 Å². The summed E-state index contributed by atoms with van der Waals surface area (Å²) in [6.07, 6.45) is 0. The lowest BCUT2D eigenvalue weighted by Gasteiger charge is -2.20. The number of fused-ring (bicyclic) bond motifs is 1. The summed E-state index contributed by atoms with van der Waals surface area (Å²) in [4.78, 5) is 24.1. The van der Waals surface area contributed by atoms with E-state index in [2.05, 4.69) is 15.9 Å². The van der Waals surface area contributed by atoms with Gasteiger partial charge in [0.15, 0.2) is 11.6 Å². The van der Waals surface area contributed by atoms with Crippen molar-refractivity contribution in [1.29, 1.82) is 0 Å². The highest BCUT2D eigenvalue weighted by molar-refractivity contribution is 9.09. The van der Waals surface area contributed by atoms with E-state index in [0.717, 1.165) is 0 Å². The second-order valence-electron chi connectivity index (χ2n) is 3.86. The Morgan fingerprint density at radius 2 is 1.56 bits per heavy atom. The number of carbonyl (C=O) groups excluding carboxylic acids is 2. The number of carbonyl (C=O) groups is 2. The molecule has 0 fully saturated rings. The minimum Gasteiger partial charge on any atom is -0.289 e. The molecule has 2 rings (SSSR count).